The Hall–Kier alpha value is -1.38. The summed E-state index contributed by atoms with van der Waals surface area (Å²) in [7, 11) is 0. The fraction of sp³-hybridized carbons (Fsp3) is 0.571. The molecule has 17 heavy (non-hydrogen) atoms. The lowest BCUT2D eigenvalue weighted by atomic mass is 10.0. The first-order chi connectivity index (χ1) is 8.02. The summed E-state index contributed by atoms with van der Waals surface area (Å²) in [6.45, 7) is 8.28. The van der Waals surface area contributed by atoms with Crippen LogP contribution in [-0.4, -0.2) is 16.9 Å². The van der Waals surface area contributed by atoms with Crippen LogP contribution in [0.4, 0.5) is 0 Å². The van der Waals surface area contributed by atoms with Gasteiger partial charge in [-0.3, -0.25) is 9.78 Å². The van der Waals surface area contributed by atoms with Crippen LogP contribution in [0.3, 0.4) is 0 Å². The largest absolute Gasteiger partial charge is 0.350 e. The Morgan fingerprint density at radius 3 is 2.76 bits per heavy atom. The molecule has 1 atom stereocenters. The van der Waals surface area contributed by atoms with Gasteiger partial charge in [-0.25, -0.2) is 0 Å². The summed E-state index contributed by atoms with van der Waals surface area (Å²) in [5.74, 6) is 0.582. The topological polar surface area (TPSA) is 42.0 Å². The van der Waals surface area contributed by atoms with Gasteiger partial charge >= 0.3 is 0 Å². The van der Waals surface area contributed by atoms with Crippen molar-refractivity contribution in [3.63, 3.8) is 0 Å². The van der Waals surface area contributed by atoms with Crippen LogP contribution in [-0.2, 0) is 6.42 Å². The van der Waals surface area contributed by atoms with Crippen molar-refractivity contribution in [3.05, 3.63) is 29.6 Å². The van der Waals surface area contributed by atoms with E-state index >= 15 is 0 Å². The molecular weight excluding hydrogens is 212 g/mol. The summed E-state index contributed by atoms with van der Waals surface area (Å²) in [4.78, 5) is 16.1. The highest BCUT2D eigenvalue weighted by molar-refractivity contribution is 5.94. The number of carbonyl (C=O) groups excluding carboxylic acids is 1. The number of pyridine rings is 1. The lowest BCUT2D eigenvalue weighted by molar-refractivity contribution is 0.0943. The molecule has 0 aliphatic rings. The van der Waals surface area contributed by atoms with Gasteiger partial charge in [-0.2, -0.15) is 0 Å². The molecule has 0 bridgehead atoms. The number of nitrogens with zero attached hydrogens (tertiary/aromatic N) is 1. The van der Waals surface area contributed by atoms with E-state index in [1.165, 1.54) is 0 Å². The molecule has 1 unspecified atom stereocenters. The monoisotopic (exact) mass is 236 g/mol. The molecule has 1 aromatic heterocycles. The first kappa shape index (κ1) is 13.7. The lowest BCUT2D eigenvalue weighted by Gasteiger charge is -2.10. The molecule has 3 heteroatoms. The molecule has 0 fully saturated rings. The predicted molar refractivity (Wildman–Crippen MR) is 72.1 cm³/mol. The van der Waals surface area contributed by atoms with Crippen molar-refractivity contribution in [3.8, 4) is 0 Å². The van der Waals surface area contributed by atoms with Gasteiger partial charge in [-0.1, -0.05) is 20.3 Å². The Balaban J connectivity index is 0.00000289. The normalized spacial score (nSPS) is 12.5. The van der Waals surface area contributed by atoms with Crippen LogP contribution in [0.5, 0.6) is 0 Å². The highest BCUT2D eigenvalue weighted by Crippen LogP contribution is 2.11. The van der Waals surface area contributed by atoms with E-state index in [1.54, 1.807) is 12.3 Å². The molecular formula is C14H24N2O. The van der Waals surface area contributed by atoms with E-state index in [0.29, 0.717) is 11.5 Å². The van der Waals surface area contributed by atoms with E-state index in [1.807, 2.05) is 19.9 Å². The molecule has 1 amide bonds. The maximum absolute atomic E-state index is 11.8. The molecule has 0 aliphatic heterocycles. The highest BCUT2D eigenvalue weighted by Gasteiger charge is 2.09. The van der Waals surface area contributed by atoms with Crippen LogP contribution in [0.25, 0.3) is 0 Å². The molecule has 0 aliphatic carbocycles. The van der Waals surface area contributed by atoms with Crippen molar-refractivity contribution in [1.29, 1.82) is 0 Å². The molecule has 1 aromatic rings. The van der Waals surface area contributed by atoms with Crippen molar-refractivity contribution in [2.75, 3.05) is 0 Å². The van der Waals surface area contributed by atoms with Crippen molar-refractivity contribution >= 4 is 5.91 Å². The average Bonchev–Trinajstić information content (AvgIpc) is 2.28. The molecule has 0 saturated carbocycles. The zero-order valence-electron chi connectivity index (χ0n) is 11.2. The minimum absolute atomic E-state index is 0. The molecule has 0 aromatic carbocycles. The van der Waals surface area contributed by atoms with Gasteiger partial charge in [0.05, 0.1) is 0 Å². The van der Waals surface area contributed by atoms with Gasteiger partial charge in [-0.15, -0.1) is 0 Å². The van der Waals surface area contributed by atoms with Gasteiger partial charge in [-0.05, 0) is 38.3 Å². The molecule has 96 valence electrons. The minimum atomic E-state index is -0.0206. The minimum Gasteiger partial charge on any atom is -0.350 e. The zero-order valence-corrected chi connectivity index (χ0v) is 11.2. The quantitative estimate of drug-likeness (QED) is 0.853. The molecule has 1 heterocycles. The van der Waals surface area contributed by atoms with Crippen molar-refractivity contribution in [2.24, 2.45) is 5.92 Å². The summed E-state index contributed by atoms with van der Waals surface area (Å²) in [6, 6.07) is 3.82. The standard InChI is InChI=1S/C14H22N2O.H2/c1-5-11(4)8-13-9-12(6-7-15-13)14(17)16-10(2)3;/h6-7,9-11H,5,8H2,1-4H3,(H,16,17);1H. The SMILES string of the molecule is CCC(C)Cc1cc(C(=O)NC(C)C)ccn1.[HH]. The van der Waals surface area contributed by atoms with Gasteiger partial charge in [0.15, 0.2) is 0 Å². The third-order valence-corrected chi connectivity index (χ3v) is 2.75. The van der Waals surface area contributed by atoms with Crippen LogP contribution in [0.1, 0.15) is 51.6 Å². The fourth-order valence-corrected chi connectivity index (χ4v) is 1.58. The molecule has 1 rings (SSSR count). The third-order valence-electron chi connectivity index (χ3n) is 2.75. The van der Waals surface area contributed by atoms with Crippen LogP contribution >= 0.6 is 0 Å². The van der Waals surface area contributed by atoms with E-state index in [2.05, 4.69) is 24.1 Å². The Morgan fingerprint density at radius 1 is 1.47 bits per heavy atom. The Kier molecular flexibility index (Phi) is 5.13. The number of hydrogen-bond acceptors (Lipinski definition) is 2. The third kappa shape index (κ3) is 4.55. The first-order valence-electron chi connectivity index (χ1n) is 6.28. The van der Waals surface area contributed by atoms with Gasteiger partial charge in [0.1, 0.15) is 0 Å². The molecule has 0 saturated heterocycles. The second-order valence-electron chi connectivity index (χ2n) is 4.88. The molecule has 1 N–H and O–H groups in total. The van der Waals surface area contributed by atoms with E-state index in [4.69, 9.17) is 0 Å². The van der Waals surface area contributed by atoms with E-state index in [9.17, 15) is 4.79 Å². The Labute approximate surface area is 105 Å². The van der Waals surface area contributed by atoms with Gasteiger partial charge < -0.3 is 5.32 Å². The summed E-state index contributed by atoms with van der Waals surface area (Å²) in [5.41, 5.74) is 1.70. The number of carbonyl (C=O) groups is 1. The van der Waals surface area contributed by atoms with Crippen LogP contribution in [0.2, 0.25) is 0 Å². The van der Waals surface area contributed by atoms with Gasteiger partial charge in [0, 0.05) is 24.9 Å². The van der Waals surface area contributed by atoms with Gasteiger partial charge in [0.2, 0.25) is 0 Å². The summed E-state index contributed by atoms with van der Waals surface area (Å²) < 4.78 is 0. The first-order valence-corrected chi connectivity index (χ1v) is 6.28. The molecule has 0 radical (unpaired) electrons. The summed E-state index contributed by atoms with van der Waals surface area (Å²) in [6.07, 6.45) is 3.77. The fourth-order valence-electron chi connectivity index (χ4n) is 1.58. The Bertz CT molecular complexity index is 380. The lowest BCUT2D eigenvalue weighted by Crippen LogP contribution is -2.30. The summed E-state index contributed by atoms with van der Waals surface area (Å²) in [5, 5.41) is 2.89. The smallest absolute Gasteiger partial charge is 0.251 e. The maximum Gasteiger partial charge on any atom is 0.251 e. The molecule has 0 spiro atoms. The molecule has 3 nitrogen and oxygen atoms in total. The number of aromatic nitrogens is 1. The second kappa shape index (κ2) is 6.38. The van der Waals surface area contributed by atoms with E-state index < -0.39 is 0 Å². The van der Waals surface area contributed by atoms with E-state index in [-0.39, 0.29) is 13.4 Å². The number of hydrogen-bond donors (Lipinski definition) is 1. The maximum atomic E-state index is 11.8. The van der Waals surface area contributed by atoms with E-state index in [0.717, 1.165) is 18.5 Å². The average molecular weight is 236 g/mol. The van der Waals surface area contributed by atoms with Crippen LogP contribution in [0, 0.1) is 5.92 Å². The Morgan fingerprint density at radius 2 is 2.18 bits per heavy atom. The number of nitrogens with one attached hydrogen (secondary N) is 1. The van der Waals surface area contributed by atoms with Crippen molar-refractivity contribution in [1.82, 2.24) is 10.3 Å². The van der Waals surface area contributed by atoms with Gasteiger partial charge in [0.25, 0.3) is 5.91 Å². The number of amides is 1. The van der Waals surface area contributed by atoms with Crippen molar-refractivity contribution in [2.45, 2.75) is 46.6 Å². The van der Waals surface area contributed by atoms with Crippen LogP contribution < -0.4 is 5.32 Å². The summed E-state index contributed by atoms with van der Waals surface area (Å²) >= 11 is 0. The highest BCUT2D eigenvalue weighted by atomic mass is 16.1. The zero-order chi connectivity index (χ0) is 12.8. The predicted octanol–water partition coefficient (Wildman–Crippen LogP) is 3.05. The second-order valence-corrected chi connectivity index (χ2v) is 4.88. The van der Waals surface area contributed by atoms with Crippen LogP contribution in [0.15, 0.2) is 18.3 Å². The van der Waals surface area contributed by atoms with Crippen molar-refractivity contribution < 1.29 is 6.22 Å². The number of rotatable bonds is 5.